The van der Waals surface area contributed by atoms with Crippen LogP contribution in [0.5, 0.6) is 0 Å². The summed E-state index contributed by atoms with van der Waals surface area (Å²) in [6.45, 7) is 3.09. The van der Waals surface area contributed by atoms with E-state index in [4.69, 9.17) is 5.73 Å². The monoisotopic (exact) mass is 315 g/mol. The maximum Gasteiger partial charge on any atom is 0.142 e. The van der Waals surface area contributed by atoms with Crippen LogP contribution in [-0.4, -0.2) is 19.5 Å². The van der Waals surface area contributed by atoms with Gasteiger partial charge in [-0.05, 0) is 37.3 Å². The zero-order valence-electron chi connectivity index (χ0n) is 13.3. The molecule has 0 saturated heterocycles. The second kappa shape index (κ2) is 5.77. The van der Waals surface area contributed by atoms with Crippen LogP contribution >= 0.6 is 0 Å². The van der Waals surface area contributed by atoms with Crippen molar-refractivity contribution in [2.75, 3.05) is 5.73 Å². The number of hydrogen-bond acceptors (Lipinski definition) is 4. The number of nitrogen functional groups attached to an aromatic ring is 1. The first-order valence-corrected chi connectivity index (χ1v) is 7.88. The third-order valence-corrected chi connectivity index (χ3v) is 4.11. The summed E-state index contributed by atoms with van der Waals surface area (Å²) in [6, 6.07) is 12.3. The minimum atomic E-state index is 0.399. The molecule has 0 fully saturated rings. The minimum absolute atomic E-state index is 0.399. The third-order valence-electron chi connectivity index (χ3n) is 4.11. The Morgan fingerprint density at radius 2 is 1.96 bits per heavy atom. The highest BCUT2D eigenvalue weighted by Crippen LogP contribution is 2.31. The quantitative estimate of drug-likeness (QED) is 0.625. The molecule has 0 saturated carbocycles. The molecular formula is C19H17N5. The van der Waals surface area contributed by atoms with Crippen molar-refractivity contribution < 1.29 is 0 Å². The van der Waals surface area contributed by atoms with Crippen LogP contribution in [0.25, 0.3) is 33.4 Å². The van der Waals surface area contributed by atoms with Gasteiger partial charge in [0.2, 0.25) is 0 Å². The predicted octanol–water partition coefficient (Wildman–Crippen LogP) is 3.76. The topological polar surface area (TPSA) is 69.6 Å². The summed E-state index contributed by atoms with van der Waals surface area (Å²) in [5, 5.41) is 1.19. The van der Waals surface area contributed by atoms with Crippen LogP contribution in [0.3, 0.4) is 0 Å². The number of aromatic nitrogens is 4. The normalized spacial score (nSPS) is 11.0. The van der Waals surface area contributed by atoms with E-state index in [1.165, 1.54) is 10.9 Å². The second-order valence-corrected chi connectivity index (χ2v) is 5.61. The number of nitrogens with two attached hydrogens (primary N) is 1. The van der Waals surface area contributed by atoms with Crippen LogP contribution in [0, 0.1) is 0 Å². The van der Waals surface area contributed by atoms with E-state index in [-0.39, 0.29) is 0 Å². The van der Waals surface area contributed by atoms with Crippen molar-refractivity contribution in [2.24, 2.45) is 0 Å². The molecule has 3 aromatic heterocycles. The van der Waals surface area contributed by atoms with Gasteiger partial charge in [0.05, 0.1) is 11.9 Å². The van der Waals surface area contributed by atoms with Gasteiger partial charge in [0.15, 0.2) is 0 Å². The third kappa shape index (κ3) is 2.40. The number of nitrogens with zero attached hydrogens (tertiary/aromatic N) is 4. The molecule has 0 aliphatic rings. The molecule has 118 valence electrons. The number of hydrogen-bond donors (Lipinski definition) is 1. The lowest BCUT2D eigenvalue weighted by molar-refractivity contribution is 0.798. The molecule has 2 N–H and O–H groups in total. The van der Waals surface area contributed by atoms with Crippen LogP contribution in [0.4, 0.5) is 5.82 Å². The van der Waals surface area contributed by atoms with E-state index in [0.717, 1.165) is 29.1 Å². The zero-order valence-corrected chi connectivity index (χ0v) is 13.3. The van der Waals surface area contributed by atoms with Crippen molar-refractivity contribution in [3.05, 3.63) is 61.2 Å². The molecule has 5 nitrogen and oxygen atoms in total. The number of rotatable bonds is 3. The summed E-state index contributed by atoms with van der Waals surface area (Å²) in [6.07, 6.45) is 7.21. The zero-order chi connectivity index (χ0) is 16.5. The Bertz CT molecular complexity index is 1000. The minimum Gasteiger partial charge on any atom is -0.382 e. The molecule has 1 aromatic carbocycles. The summed E-state index contributed by atoms with van der Waals surface area (Å²) in [4.78, 5) is 13.2. The highest BCUT2D eigenvalue weighted by atomic mass is 14.9. The highest BCUT2D eigenvalue weighted by molar-refractivity contribution is 5.88. The molecule has 4 aromatic rings. The van der Waals surface area contributed by atoms with Gasteiger partial charge in [-0.25, -0.2) is 4.98 Å². The number of pyridine rings is 1. The lowest BCUT2D eigenvalue weighted by Crippen LogP contribution is -1.98. The smallest absolute Gasteiger partial charge is 0.142 e. The van der Waals surface area contributed by atoms with Crippen LogP contribution in [0.1, 0.15) is 6.92 Å². The fraction of sp³-hybridized carbons (Fsp3) is 0.105. The molecule has 0 spiro atoms. The van der Waals surface area contributed by atoms with Crippen molar-refractivity contribution in [1.29, 1.82) is 0 Å². The lowest BCUT2D eigenvalue weighted by atomic mass is 10.0. The van der Waals surface area contributed by atoms with Gasteiger partial charge in [-0.3, -0.25) is 9.97 Å². The first kappa shape index (κ1) is 14.4. The Hall–Kier alpha value is -3.21. The largest absolute Gasteiger partial charge is 0.382 e. The number of benzene rings is 1. The molecule has 0 aliphatic carbocycles. The van der Waals surface area contributed by atoms with Crippen LogP contribution in [0.15, 0.2) is 61.2 Å². The lowest BCUT2D eigenvalue weighted by Gasteiger charge is -2.09. The predicted molar refractivity (Wildman–Crippen MR) is 96.3 cm³/mol. The maximum atomic E-state index is 5.86. The van der Waals surface area contributed by atoms with Crippen molar-refractivity contribution in [1.82, 2.24) is 19.5 Å². The van der Waals surface area contributed by atoms with E-state index in [0.29, 0.717) is 5.82 Å². The fourth-order valence-electron chi connectivity index (χ4n) is 2.94. The van der Waals surface area contributed by atoms with Gasteiger partial charge in [-0.15, -0.1) is 0 Å². The molecule has 0 unspecified atom stereocenters. The summed E-state index contributed by atoms with van der Waals surface area (Å²) in [5.41, 5.74) is 10.5. The van der Waals surface area contributed by atoms with E-state index in [1.807, 2.05) is 12.1 Å². The summed E-state index contributed by atoms with van der Waals surface area (Å²) < 4.78 is 2.22. The van der Waals surface area contributed by atoms with E-state index >= 15 is 0 Å². The van der Waals surface area contributed by atoms with E-state index in [9.17, 15) is 0 Å². The van der Waals surface area contributed by atoms with E-state index in [1.54, 1.807) is 18.6 Å². The second-order valence-electron chi connectivity index (χ2n) is 5.61. The van der Waals surface area contributed by atoms with Gasteiger partial charge in [-0.1, -0.05) is 6.07 Å². The molecule has 0 aliphatic heterocycles. The van der Waals surface area contributed by atoms with Gasteiger partial charge in [-0.2, -0.15) is 0 Å². The summed E-state index contributed by atoms with van der Waals surface area (Å²) >= 11 is 0. The van der Waals surface area contributed by atoms with Crippen LogP contribution in [-0.2, 0) is 6.54 Å². The van der Waals surface area contributed by atoms with Gasteiger partial charge in [0.25, 0.3) is 0 Å². The van der Waals surface area contributed by atoms with Crippen molar-refractivity contribution in [3.63, 3.8) is 0 Å². The Labute approximate surface area is 139 Å². The number of anilines is 1. The average molecular weight is 315 g/mol. The first-order valence-electron chi connectivity index (χ1n) is 7.88. The first-order chi connectivity index (χ1) is 11.8. The summed E-state index contributed by atoms with van der Waals surface area (Å²) in [5.74, 6) is 0.399. The molecule has 0 amide bonds. The Morgan fingerprint density at radius 3 is 2.75 bits per heavy atom. The molecule has 4 rings (SSSR count). The van der Waals surface area contributed by atoms with Crippen LogP contribution < -0.4 is 5.73 Å². The Balaban J connectivity index is 1.90. The van der Waals surface area contributed by atoms with Gasteiger partial charge in [0.1, 0.15) is 11.5 Å². The van der Waals surface area contributed by atoms with E-state index in [2.05, 4.69) is 56.9 Å². The van der Waals surface area contributed by atoms with Gasteiger partial charge >= 0.3 is 0 Å². The standard InChI is InChI=1S/C19H17N5/c1-2-24-9-7-13-10-14(5-6-16(13)24)18-19(23-17(20)12-22-18)15-4-3-8-21-11-15/h3-12H,2H2,1H3,(H2,20,23). The van der Waals surface area contributed by atoms with E-state index < -0.39 is 0 Å². The van der Waals surface area contributed by atoms with Crippen LogP contribution in [0.2, 0.25) is 0 Å². The average Bonchev–Trinajstić information content (AvgIpc) is 3.04. The molecule has 0 atom stereocenters. The maximum absolute atomic E-state index is 5.86. The summed E-state index contributed by atoms with van der Waals surface area (Å²) in [7, 11) is 0. The molecule has 0 radical (unpaired) electrons. The van der Waals surface area contributed by atoms with Gasteiger partial charge in [0, 0.05) is 47.2 Å². The van der Waals surface area contributed by atoms with Crippen molar-refractivity contribution in [2.45, 2.75) is 13.5 Å². The molecule has 0 bridgehead atoms. The fourth-order valence-corrected chi connectivity index (χ4v) is 2.94. The SMILES string of the molecule is CCn1ccc2cc(-c3ncc(N)nc3-c3cccnc3)ccc21. The molecule has 24 heavy (non-hydrogen) atoms. The molecule has 3 heterocycles. The van der Waals surface area contributed by atoms with Crippen molar-refractivity contribution in [3.8, 4) is 22.5 Å². The number of aryl methyl sites for hydroxylation is 1. The molecule has 5 heteroatoms. The van der Waals surface area contributed by atoms with Gasteiger partial charge < -0.3 is 10.3 Å². The van der Waals surface area contributed by atoms with Crippen molar-refractivity contribution >= 4 is 16.7 Å². The number of fused-ring (bicyclic) bond motifs is 1. The Morgan fingerprint density at radius 1 is 1.04 bits per heavy atom. The molecular weight excluding hydrogens is 298 g/mol. The Kier molecular flexibility index (Phi) is 3.46. The highest BCUT2D eigenvalue weighted by Gasteiger charge is 2.13.